The lowest BCUT2D eigenvalue weighted by Crippen LogP contribution is -2.30. The molecule has 0 radical (unpaired) electrons. The molecule has 6 nitrogen and oxygen atoms in total. The number of carbonyl (C=O) groups is 3. The molecule has 0 aliphatic carbocycles. The molecule has 0 heterocycles. The lowest BCUT2D eigenvalue weighted by Gasteiger charge is -2.18. The summed E-state index contributed by atoms with van der Waals surface area (Å²) in [5.41, 5.74) is 0. The highest BCUT2D eigenvalue weighted by Gasteiger charge is 2.19. The molecule has 0 aromatic carbocycles. The molecule has 0 amide bonds. The van der Waals surface area contributed by atoms with Crippen molar-refractivity contribution in [3.05, 3.63) is 122 Å². The third kappa shape index (κ3) is 64.6. The van der Waals surface area contributed by atoms with E-state index in [-0.39, 0.29) is 44.0 Å². The average molecular weight is 1110 g/mol. The Kier molecular flexibility index (Phi) is 63.8. The molecule has 1 unspecified atom stereocenters. The van der Waals surface area contributed by atoms with Gasteiger partial charge in [0.05, 0.1) is 0 Å². The van der Waals surface area contributed by atoms with Gasteiger partial charge in [-0.05, 0) is 96.3 Å². The topological polar surface area (TPSA) is 78.9 Å². The normalized spacial score (nSPS) is 12.9. The van der Waals surface area contributed by atoms with E-state index in [1.807, 2.05) is 0 Å². The molecule has 0 spiro atoms. The van der Waals surface area contributed by atoms with E-state index < -0.39 is 6.10 Å². The van der Waals surface area contributed by atoms with E-state index >= 15 is 0 Å². The minimum Gasteiger partial charge on any atom is -0.462 e. The minimum absolute atomic E-state index is 0.119. The van der Waals surface area contributed by atoms with Crippen molar-refractivity contribution in [1.29, 1.82) is 0 Å². The molecule has 0 bridgehead atoms. The second-order valence-corrected chi connectivity index (χ2v) is 22.0. The van der Waals surface area contributed by atoms with Gasteiger partial charge >= 0.3 is 17.9 Å². The van der Waals surface area contributed by atoms with Crippen molar-refractivity contribution < 1.29 is 28.6 Å². The van der Waals surface area contributed by atoms with Gasteiger partial charge in [0.25, 0.3) is 0 Å². The van der Waals surface area contributed by atoms with Gasteiger partial charge in [-0.15, -0.1) is 0 Å². The summed E-state index contributed by atoms with van der Waals surface area (Å²) < 4.78 is 16.8. The Morgan fingerprint density at radius 1 is 0.263 bits per heavy atom. The van der Waals surface area contributed by atoms with Gasteiger partial charge in [-0.25, -0.2) is 0 Å². The number of hydrogen-bond donors (Lipinski definition) is 0. The van der Waals surface area contributed by atoms with Crippen molar-refractivity contribution in [2.45, 2.75) is 316 Å². The van der Waals surface area contributed by atoms with Gasteiger partial charge in [0.2, 0.25) is 0 Å². The van der Waals surface area contributed by atoms with Crippen molar-refractivity contribution in [2.24, 2.45) is 0 Å². The van der Waals surface area contributed by atoms with E-state index in [1.165, 1.54) is 161 Å². The molecule has 0 fully saturated rings. The van der Waals surface area contributed by atoms with Crippen molar-refractivity contribution >= 4 is 17.9 Å². The van der Waals surface area contributed by atoms with Crippen LogP contribution in [0.25, 0.3) is 0 Å². The third-order valence-corrected chi connectivity index (χ3v) is 14.2. The average Bonchev–Trinajstić information content (AvgIpc) is 3.46. The third-order valence-electron chi connectivity index (χ3n) is 14.2. The Labute approximate surface area is 494 Å². The summed E-state index contributed by atoms with van der Waals surface area (Å²) in [6.45, 7) is 6.34. The first-order valence-corrected chi connectivity index (χ1v) is 33.5. The van der Waals surface area contributed by atoms with Crippen molar-refractivity contribution in [3.63, 3.8) is 0 Å². The van der Waals surface area contributed by atoms with Crippen LogP contribution >= 0.6 is 0 Å². The molecule has 0 saturated heterocycles. The molecule has 0 aliphatic heterocycles. The number of rotatable bonds is 60. The molecule has 80 heavy (non-hydrogen) atoms. The number of ether oxygens (including phenoxy) is 3. The summed E-state index contributed by atoms with van der Waals surface area (Å²) in [5, 5.41) is 0. The molecule has 456 valence electrons. The maximum atomic E-state index is 12.9. The van der Waals surface area contributed by atoms with Crippen LogP contribution in [-0.2, 0) is 28.6 Å². The molecule has 0 aliphatic rings. The Hall–Kier alpha value is -4.19. The van der Waals surface area contributed by atoms with Gasteiger partial charge in [0, 0.05) is 19.3 Å². The fourth-order valence-electron chi connectivity index (χ4n) is 9.28. The molecule has 0 N–H and O–H groups in total. The standard InChI is InChI=1S/C74H124O6/c1-4-7-10-13-16-19-22-25-28-31-32-33-34-35-36-37-38-39-40-41-44-46-49-52-55-58-61-64-67-73(76)79-70-71(80-74(77)68-65-62-59-56-53-50-47-43-30-27-24-21-18-15-12-9-6-3)69-78-72(75)66-63-60-57-54-51-48-45-42-29-26-23-20-17-14-11-8-5-2/h8-9,11-12,17-18,20-21,26-27,29-30,45,47-48,50,54,56-57,59,71H,4-7,10,13-16,19,22-25,28,31-44,46,49,51-53,55,58,60-70H2,1-3H3/b11-8-,12-9-,20-17-,21-18-,29-26-,30-27-,48-45-,50-47-,57-54-,59-56-. The Bertz CT molecular complexity index is 1650. The largest absolute Gasteiger partial charge is 0.462 e. The maximum Gasteiger partial charge on any atom is 0.306 e. The van der Waals surface area contributed by atoms with Gasteiger partial charge in [0.15, 0.2) is 6.10 Å². The lowest BCUT2D eigenvalue weighted by molar-refractivity contribution is -0.167. The van der Waals surface area contributed by atoms with Crippen molar-refractivity contribution in [2.75, 3.05) is 13.2 Å². The summed E-state index contributed by atoms with van der Waals surface area (Å²) >= 11 is 0. The first kappa shape index (κ1) is 75.8. The van der Waals surface area contributed by atoms with Crippen LogP contribution in [0.4, 0.5) is 0 Å². The molecule has 0 rings (SSSR count). The van der Waals surface area contributed by atoms with Crippen LogP contribution in [0, 0.1) is 0 Å². The van der Waals surface area contributed by atoms with Gasteiger partial charge in [-0.1, -0.05) is 316 Å². The molecule has 1 atom stereocenters. The second kappa shape index (κ2) is 67.3. The predicted molar refractivity (Wildman–Crippen MR) is 348 cm³/mol. The van der Waals surface area contributed by atoms with Gasteiger partial charge in [-0.2, -0.15) is 0 Å². The van der Waals surface area contributed by atoms with E-state index in [9.17, 15) is 14.4 Å². The van der Waals surface area contributed by atoms with Crippen LogP contribution in [0.15, 0.2) is 122 Å². The SMILES string of the molecule is CC/C=C\C/C=C\C/C=C\C/C=C\C/C=C\CCCC(=O)OCC(COC(=O)CCCCCCCCCCCCCCCCCCCCCCCCCCCCCC)OC(=O)CCC/C=C\C/C=C\C/C=C\C/C=C\C/C=C\CC. The predicted octanol–water partition coefficient (Wildman–Crippen LogP) is 23.2. The number of esters is 3. The van der Waals surface area contributed by atoms with Gasteiger partial charge < -0.3 is 14.2 Å². The first-order chi connectivity index (χ1) is 39.5. The Morgan fingerprint density at radius 2 is 0.487 bits per heavy atom. The van der Waals surface area contributed by atoms with Crippen LogP contribution < -0.4 is 0 Å². The van der Waals surface area contributed by atoms with Crippen LogP contribution in [0.1, 0.15) is 310 Å². The van der Waals surface area contributed by atoms with Crippen LogP contribution in [0.2, 0.25) is 0 Å². The summed E-state index contributed by atoms with van der Waals surface area (Å²) in [7, 11) is 0. The summed E-state index contributed by atoms with van der Waals surface area (Å²) in [4.78, 5) is 38.3. The zero-order valence-corrected chi connectivity index (χ0v) is 52.3. The fourth-order valence-corrected chi connectivity index (χ4v) is 9.28. The van der Waals surface area contributed by atoms with Crippen LogP contribution in [0.5, 0.6) is 0 Å². The van der Waals surface area contributed by atoms with E-state index in [4.69, 9.17) is 14.2 Å². The van der Waals surface area contributed by atoms with Gasteiger partial charge in [0.1, 0.15) is 13.2 Å². The summed E-state index contributed by atoms with van der Waals surface area (Å²) in [6, 6.07) is 0. The monoisotopic (exact) mass is 1110 g/mol. The van der Waals surface area contributed by atoms with E-state index in [0.29, 0.717) is 19.3 Å². The first-order valence-electron chi connectivity index (χ1n) is 33.5. The zero-order valence-electron chi connectivity index (χ0n) is 52.3. The highest BCUT2D eigenvalue weighted by molar-refractivity contribution is 5.71. The number of allylic oxidation sites excluding steroid dienone is 20. The van der Waals surface area contributed by atoms with Crippen molar-refractivity contribution in [3.8, 4) is 0 Å². The second-order valence-electron chi connectivity index (χ2n) is 22.0. The van der Waals surface area contributed by atoms with Crippen LogP contribution in [-0.4, -0.2) is 37.2 Å². The Balaban J connectivity index is 4.38. The molecule has 6 heteroatoms. The Morgan fingerprint density at radius 3 is 0.762 bits per heavy atom. The van der Waals surface area contributed by atoms with Gasteiger partial charge in [-0.3, -0.25) is 14.4 Å². The molecule has 0 aromatic heterocycles. The maximum absolute atomic E-state index is 12.9. The quantitative estimate of drug-likeness (QED) is 0.0261. The van der Waals surface area contributed by atoms with E-state index in [0.717, 1.165) is 96.3 Å². The molecule has 0 saturated carbocycles. The highest BCUT2D eigenvalue weighted by Crippen LogP contribution is 2.17. The summed E-state index contributed by atoms with van der Waals surface area (Å²) in [5.74, 6) is -1.03. The number of carbonyl (C=O) groups excluding carboxylic acids is 3. The fraction of sp³-hybridized carbons (Fsp3) is 0.689. The number of hydrogen-bond acceptors (Lipinski definition) is 6. The molecule has 0 aromatic rings. The highest BCUT2D eigenvalue weighted by atomic mass is 16.6. The number of unbranched alkanes of at least 4 members (excludes halogenated alkanes) is 29. The van der Waals surface area contributed by atoms with Crippen molar-refractivity contribution in [1.82, 2.24) is 0 Å². The lowest BCUT2D eigenvalue weighted by atomic mass is 10.0. The summed E-state index contributed by atoms with van der Waals surface area (Å²) in [6.07, 6.45) is 93.9. The molecular weight excluding hydrogens is 985 g/mol. The van der Waals surface area contributed by atoms with Crippen LogP contribution in [0.3, 0.4) is 0 Å². The molecular formula is C74H124O6. The van der Waals surface area contributed by atoms with E-state index in [1.54, 1.807) is 0 Å². The zero-order chi connectivity index (χ0) is 57.8. The van der Waals surface area contributed by atoms with E-state index in [2.05, 4.69) is 142 Å². The smallest absolute Gasteiger partial charge is 0.306 e. The minimum atomic E-state index is -0.835.